The van der Waals surface area contributed by atoms with Gasteiger partial charge in [-0.05, 0) is 30.4 Å². The van der Waals surface area contributed by atoms with Crippen molar-refractivity contribution in [1.82, 2.24) is 0 Å². The van der Waals surface area contributed by atoms with Gasteiger partial charge < -0.3 is 5.11 Å². The van der Waals surface area contributed by atoms with Crippen molar-refractivity contribution in [3.05, 3.63) is 35.4 Å². The maximum Gasteiger partial charge on any atom is 0.416 e. The van der Waals surface area contributed by atoms with Crippen LogP contribution in [0.4, 0.5) is 13.2 Å². The number of aliphatic hydroxyl groups is 1. The molecule has 0 bridgehead atoms. The van der Waals surface area contributed by atoms with Gasteiger partial charge in [-0.1, -0.05) is 57.7 Å². The van der Waals surface area contributed by atoms with Gasteiger partial charge in [-0.2, -0.15) is 13.2 Å². The highest BCUT2D eigenvalue weighted by Crippen LogP contribution is 2.30. The largest absolute Gasteiger partial charge is 0.416 e. The second kappa shape index (κ2) is 8.42. The fraction of sp³-hybridized carbons (Fsp3) is 0.647. The Morgan fingerprint density at radius 3 is 2.48 bits per heavy atom. The maximum absolute atomic E-state index is 12.6. The molecule has 2 unspecified atom stereocenters. The molecule has 1 aromatic carbocycles. The molecule has 2 atom stereocenters. The van der Waals surface area contributed by atoms with Crippen molar-refractivity contribution in [2.24, 2.45) is 5.92 Å². The van der Waals surface area contributed by atoms with Crippen molar-refractivity contribution < 1.29 is 18.3 Å². The van der Waals surface area contributed by atoms with Crippen molar-refractivity contribution in [1.29, 1.82) is 0 Å². The zero-order chi connectivity index (χ0) is 15.9. The summed E-state index contributed by atoms with van der Waals surface area (Å²) in [4.78, 5) is 0. The molecule has 0 heterocycles. The molecule has 0 aliphatic rings. The Morgan fingerprint density at radius 2 is 1.90 bits per heavy atom. The molecule has 0 radical (unpaired) electrons. The summed E-state index contributed by atoms with van der Waals surface area (Å²) in [5.74, 6) is 0.450. The maximum atomic E-state index is 12.6. The Bertz CT molecular complexity index is 415. The molecule has 0 spiro atoms. The summed E-state index contributed by atoms with van der Waals surface area (Å²) in [6, 6.07) is 5.24. The predicted molar refractivity (Wildman–Crippen MR) is 79.1 cm³/mol. The van der Waals surface area contributed by atoms with Gasteiger partial charge in [0.05, 0.1) is 11.7 Å². The standard InChI is InChI=1S/C17H25F3O/c1-3-5-7-13(4-2)11-16(21)12-14-8-6-9-15(10-14)17(18,19)20/h6,8-10,13,16,21H,3-5,7,11-12H2,1-2H3. The third-order valence-corrected chi connectivity index (χ3v) is 3.87. The zero-order valence-corrected chi connectivity index (χ0v) is 12.8. The van der Waals surface area contributed by atoms with E-state index >= 15 is 0 Å². The van der Waals surface area contributed by atoms with Crippen LogP contribution in [0.25, 0.3) is 0 Å². The molecular formula is C17H25F3O. The number of rotatable bonds is 8. The van der Waals surface area contributed by atoms with Crippen LogP contribution < -0.4 is 0 Å². The van der Waals surface area contributed by atoms with Crippen molar-refractivity contribution in [2.45, 2.75) is 64.7 Å². The van der Waals surface area contributed by atoms with Crippen LogP contribution in [0, 0.1) is 5.92 Å². The smallest absolute Gasteiger partial charge is 0.393 e. The van der Waals surface area contributed by atoms with Crippen LogP contribution in [0.1, 0.15) is 57.1 Å². The Balaban J connectivity index is 2.60. The van der Waals surface area contributed by atoms with Crippen molar-refractivity contribution in [3.8, 4) is 0 Å². The molecule has 21 heavy (non-hydrogen) atoms. The normalized spacial score (nSPS) is 15.0. The minimum absolute atomic E-state index is 0.284. The molecule has 1 N–H and O–H groups in total. The number of halogens is 3. The topological polar surface area (TPSA) is 20.2 Å². The number of benzene rings is 1. The molecule has 1 nitrogen and oxygen atoms in total. The third-order valence-electron chi connectivity index (χ3n) is 3.87. The molecule has 1 rings (SSSR count). The molecular weight excluding hydrogens is 277 g/mol. The molecule has 0 saturated carbocycles. The first-order valence-electron chi connectivity index (χ1n) is 7.71. The summed E-state index contributed by atoms with van der Waals surface area (Å²) in [6.07, 6.45) is 0.379. The van der Waals surface area contributed by atoms with Crippen LogP contribution in [0.15, 0.2) is 24.3 Å². The first-order chi connectivity index (χ1) is 9.86. The highest BCUT2D eigenvalue weighted by molar-refractivity contribution is 5.26. The molecule has 0 amide bonds. The highest BCUT2D eigenvalue weighted by atomic mass is 19.4. The fourth-order valence-corrected chi connectivity index (χ4v) is 2.60. The lowest BCUT2D eigenvalue weighted by atomic mass is 9.91. The van der Waals surface area contributed by atoms with Gasteiger partial charge in [0.1, 0.15) is 0 Å². The van der Waals surface area contributed by atoms with Gasteiger partial charge in [0.15, 0.2) is 0 Å². The van der Waals surface area contributed by atoms with Crippen LogP contribution in [-0.2, 0) is 12.6 Å². The Hall–Kier alpha value is -1.03. The number of hydrogen-bond acceptors (Lipinski definition) is 1. The van der Waals surface area contributed by atoms with Crippen LogP contribution in [0.3, 0.4) is 0 Å². The molecule has 0 saturated heterocycles. The predicted octanol–water partition coefficient (Wildman–Crippen LogP) is 5.22. The molecule has 0 fully saturated rings. The molecule has 0 aliphatic heterocycles. The highest BCUT2D eigenvalue weighted by Gasteiger charge is 2.30. The number of alkyl halides is 3. The van der Waals surface area contributed by atoms with E-state index < -0.39 is 17.8 Å². The molecule has 0 aliphatic carbocycles. The van der Waals surface area contributed by atoms with Gasteiger partial charge in [0.2, 0.25) is 0 Å². The van der Waals surface area contributed by atoms with Gasteiger partial charge in [-0.3, -0.25) is 0 Å². The van der Waals surface area contributed by atoms with Crippen LogP contribution >= 0.6 is 0 Å². The number of aliphatic hydroxyl groups excluding tert-OH is 1. The van der Waals surface area contributed by atoms with E-state index in [4.69, 9.17) is 0 Å². The second-order valence-corrected chi connectivity index (χ2v) is 5.71. The summed E-state index contributed by atoms with van der Waals surface area (Å²) in [7, 11) is 0. The van der Waals surface area contributed by atoms with Crippen LogP contribution in [-0.4, -0.2) is 11.2 Å². The average molecular weight is 302 g/mol. The van der Waals surface area contributed by atoms with Gasteiger partial charge in [0, 0.05) is 0 Å². The van der Waals surface area contributed by atoms with E-state index in [1.54, 1.807) is 6.07 Å². The summed E-state index contributed by atoms with van der Waals surface area (Å²) >= 11 is 0. The van der Waals surface area contributed by atoms with Crippen molar-refractivity contribution in [3.63, 3.8) is 0 Å². The summed E-state index contributed by atoms with van der Waals surface area (Å²) < 4.78 is 37.9. The lowest BCUT2D eigenvalue weighted by Crippen LogP contribution is -2.16. The number of unbranched alkanes of at least 4 members (excludes halogenated alkanes) is 1. The monoisotopic (exact) mass is 302 g/mol. The van der Waals surface area contributed by atoms with E-state index in [1.165, 1.54) is 6.07 Å². The van der Waals surface area contributed by atoms with Gasteiger partial charge in [0.25, 0.3) is 0 Å². The number of hydrogen-bond donors (Lipinski definition) is 1. The summed E-state index contributed by atoms with van der Waals surface area (Å²) in [5, 5.41) is 10.1. The summed E-state index contributed by atoms with van der Waals surface area (Å²) in [5.41, 5.74) is -0.104. The quantitative estimate of drug-likeness (QED) is 0.698. The average Bonchev–Trinajstić information content (AvgIpc) is 2.42. The lowest BCUT2D eigenvalue weighted by molar-refractivity contribution is -0.137. The molecule has 0 aromatic heterocycles. The van der Waals surface area contributed by atoms with Gasteiger partial charge in [-0.15, -0.1) is 0 Å². The van der Waals surface area contributed by atoms with E-state index in [0.29, 0.717) is 17.9 Å². The van der Waals surface area contributed by atoms with Crippen molar-refractivity contribution in [2.75, 3.05) is 0 Å². The first-order valence-corrected chi connectivity index (χ1v) is 7.71. The van der Waals surface area contributed by atoms with Crippen molar-refractivity contribution >= 4 is 0 Å². The van der Waals surface area contributed by atoms with Crippen LogP contribution in [0.2, 0.25) is 0 Å². The van der Waals surface area contributed by atoms with E-state index in [1.807, 2.05) is 0 Å². The fourth-order valence-electron chi connectivity index (χ4n) is 2.60. The second-order valence-electron chi connectivity index (χ2n) is 5.71. The molecule has 1 aromatic rings. The molecule has 4 heteroatoms. The summed E-state index contributed by atoms with van der Waals surface area (Å²) in [6.45, 7) is 4.23. The minimum Gasteiger partial charge on any atom is -0.393 e. The Morgan fingerprint density at radius 1 is 1.19 bits per heavy atom. The Labute approximate surface area is 125 Å². The zero-order valence-electron chi connectivity index (χ0n) is 12.8. The first kappa shape index (κ1) is 18.0. The third kappa shape index (κ3) is 6.51. The van der Waals surface area contributed by atoms with Gasteiger partial charge in [-0.25, -0.2) is 0 Å². The van der Waals surface area contributed by atoms with Crippen LogP contribution in [0.5, 0.6) is 0 Å². The van der Waals surface area contributed by atoms with E-state index in [2.05, 4.69) is 13.8 Å². The van der Waals surface area contributed by atoms with E-state index in [0.717, 1.165) is 37.8 Å². The van der Waals surface area contributed by atoms with Gasteiger partial charge >= 0.3 is 6.18 Å². The van der Waals surface area contributed by atoms with E-state index in [9.17, 15) is 18.3 Å². The van der Waals surface area contributed by atoms with E-state index in [-0.39, 0.29) is 6.42 Å². The SMILES string of the molecule is CCCCC(CC)CC(O)Cc1cccc(C(F)(F)F)c1. The molecule has 120 valence electrons. The minimum atomic E-state index is -4.33. The Kier molecular flexibility index (Phi) is 7.23. The lowest BCUT2D eigenvalue weighted by Gasteiger charge is -2.19.